The second-order valence-electron chi connectivity index (χ2n) is 3.21. The van der Waals surface area contributed by atoms with E-state index in [0.717, 1.165) is 6.42 Å². The maximum atomic E-state index is 11.7. The normalized spacial score (nSPS) is 11.6. The molecule has 1 rings (SSSR count). The SMILES string of the molecule is C#CCC(CC)NC(=O)c1cnc(Cl)cn1. The van der Waals surface area contributed by atoms with Gasteiger partial charge in [0.05, 0.1) is 12.4 Å². The standard InChI is InChI=1S/C11H12ClN3O/c1-3-5-8(4-2)15-11(16)9-6-14-10(12)7-13-9/h1,6-8H,4-5H2,2H3,(H,15,16). The number of nitrogens with one attached hydrogen (secondary N) is 1. The van der Waals surface area contributed by atoms with E-state index in [2.05, 4.69) is 21.2 Å². The number of amides is 1. The average molecular weight is 238 g/mol. The van der Waals surface area contributed by atoms with Gasteiger partial charge < -0.3 is 5.32 Å². The zero-order valence-electron chi connectivity index (χ0n) is 8.90. The van der Waals surface area contributed by atoms with Crippen molar-refractivity contribution in [2.75, 3.05) is 0 Å². The number of rotatable bonds is 4. The summed E-state index contributed by atoms with van der Waals surface area (Å²) in [5.41, 5.74) is 0.236. The number of hydrogen-bond donors (Lipinski definition) is 1. The lowest BCUT2D eigenvalue weighted by molar-refractivity contribution is 0.0931. The molecule has 0 saturated carbocycles. The summed E-state index contributed by atoms with van der Waals surface area (Å²) in [6.07, 6.45) is 9.14. The number of terminal acetylenes is 1. The van der Waals surface area contributed by atoms with E-state index in [1.807, 2.05) is 6.92 Å². The lowest BCUT2D eigenvalue weighted by Crippen LogP contribution is -2.34. The molecular formula is C11H12ClN3O. The Morgan fingerprint density at radius 3 is 2.88 bits per heavy atom. The minimum atomic E-state index is -0.286. The summed E-state index contributed by atoms with van der Waals surface area (Å²) in [6.45, 7) is 1.95. The smallest absolute Gasteiger partial charge is 0.271 e. The van der Waals surface area contributed by atoms with Crippen LogP contribution in [0.2, 0.25) is 5.15 Å². The van der Waals surface area contributed by atoms with Crippen LogP contribution in [0.4, 0.5) is 0 Å². The molecule has 1 heterocycles. The first-order chi connectivity index (χ1) is 7.67. The molecule has 0 bridgehead atoms. The van der Waals surface area contributed by atoms with Crippen molar-refractivity contribution in [1.82, 2.24) is 15.3 Å². The minimum Gasteiger partial charge on any atom is -0.347 e. The van der Waals surface area contributed by atoms with Crippen LogP contribution in [-0.4, -0.2) is 21.9 Å². The van der Waals surface area contributed by atoms with Gasteiger partial charge in [-0.25, -0.2) is 9.97 Å². The van der Waals surface area contributed by atoms with Crippen LogP contribution in [0.3, 0.4) is 0 Å². The average Bonchev–Trinajstić information content (AvgIpc) is 2.29. The fourth-order valence-corrected chi connectivity index (χ4v) is 1.23. The zero-order chi connectivity index (χ0) is 12.0. The maximum Gasteiger partial charge on any atom is 0.271 e. The van der Waals surface area contributed by atoms with Gasteiger partial charge in [0.25, 0.3) is 5.91 Å². The van der Waals surface area contributed by atoms with E-state index in [1.54, 1.807) is 0 Å². The van der Waals surface area contributed by atoms with Crippen LogP contribution >= 0.6 is 11.6 Å². The summed E-state index contributed by atoms with van der Waals surface area (Å²) in [7, 11) is 0. The van der Waals surface area contributed by atoms with Crippen molar-refractivity contribution < 1.29 is 4.79 Å². The van der Waals surface area contributed by atoms with Gasteiger partial charge in [-0.1, -0.05) is 18.5 Å². The molecule has 1 N–H and O–H groups in total. The van der Waals surface area contributed by atoms with E-state index in [-0.39, 0.29) is 22.8 Å². The molecule has 0 aliphatic carbocycles. The van der Waals surface area contributed by atoms with Gasteiger partial charge in [0.15, 0.2) is 0 Å². The largest absolute Gasteiger partial charge is 0.347 e. The molecule has 1 aromatic rings. The van der Waals surface area contributed by atoms with E-state index in [0.29, 0.717) is 6.42 Å². The minimum absolute atomic E-state index is 0.0324. The highest BCUT2D eigenvalue weighted by molar-refractivity contribution is 6.29. The summed E-state index contributed by atoms with van der Waals surface area (Å²) >= 11 is 5.57. The molecule has 0 aromatic carbocycles. The molecule has 0 aliphatic heterocycles. The van der Waals surface area contributed by atoms with Crippen LogP contribution in [0.5, 0.6) is 0 Å². The first-order valence-corrected chi connectivity index (χ1v) is 5.27. The number of hydrogen-bond acceptors (Lipinski definition) is 3. The molecule has 5 heteroatoms. The monoisotopic (exact) mass is 237 g/mol. The number of carbonyl (C=O) groups excluding carboxylic acids is 1. The molecule has 1 unspecified atom stereocenters. The fraction of sp³-hybridized carbons (Fsp3) is 0.364. The Kier molecular flexibility index (Phi) is 4.74. The topological polar surface area (TPSA) is 54.9 Å². The van der Waals surface area contributed by atoms with E-state index in [4.69, 9.17) is 18.0 Å². The van der Waals surface area contributed by atoms with E-state index < -0.39 is 0 Å². The predicted octanol–water partition coefficient (Wildman–Crippen LogP) is 1.66. The second-order valence-corrected chi connectivity index (χ2v) is 3.60. The van der Waals surface area contributed by atoms with Gasteiger partial charge in [-0.2, -0.15) is 0 Å². The van der Waals surface area contributed by atoms with Crippen LogP contribution in [0.25, 0.3) is 0 Å². The molecule has 1 atom stereocenters. The number of aromatic nitrogens is 2. The highest BCUT2D eigenvalue weighted by Crippen LogP contribution is 2.03. The van der Waals surface area contributed by atoms with Crippen molar-refractivity contribution in [1.29, 1.82) is 0 Å². The molecule has 1 aromatic heterocycles. The Hall–Kier alpha value is -1.60. The number of nitrogens with zero attached hydrogens (tertiary/aromatic N) is 2. The van der Waals surface area contributed by atoms with Gasteiger partial charge in [0.1, 0.15) is 10.8 Å². The summed E-state index contributed by atoms with van der Waals surface area (Å²) in [5.74, 6) is 2.23. The van der Waals surface area contributed by atoms with Crippen molar-refractivity contribution >= 4 is 17.5 Å². The van der Waals surface area contributed by atoms with Crippen molar-refractivity contribution in [2.24, 2.45) is 0 Å². The second kappa shape index (κ2) is 6.09. The third-order valence-electron chi connectivity index (χ3n) is 2.05. The molecule has 0 spiro atoms. The van der Waals surface area contributed by atoms with E-state index in [1.165, 1.54) is 12.4 Å². The molecule has 0 fully saturated rings. The maximum absolute atomic E-state index is 11.7. The van der Waals surface area contributed by atoms with E-state index >= 15 is 0 Å². The van der Waals surface area contributed by atoms with Gasteiger partial charge in [-0.15, -0.1) is 12.3 Å². The first kappa shape index (κ1) is 12.5. The lowest BCUT2D eigenvalue weighted by atomic mass is 10.1. The van der Waals surface area contributed by atoms with Gasteiger partial charge >= 0.3 is 0 Å². The first-order valence-electron chi connectivity index (χ1n) is 4.89. The molecule has 1 amide bonds. The van der Waals surface area contributed by atoms with Crippen LogP contribution in [0, 0.1) is 12.3 Å². The van der Waals surface area contributed by atoms with Gasteiger partial charge in [-0.05, 0) is 6.42 Å². The quantitative estimate of drug-likeness (QED) is 0.811. The molecule has 0 radical (unpaired) electrons. The highest BCUT2D eigenvalue weighted by Gasteiger charge is 2.12. The van der Waals surface area contributed by atoms with Crippen LogP contribution in [0.1, 0.15) is 30.3 Å². The molecule has 0 saturated heterocycles. The Balaban J connectivity index is 2.65. The fourth-order valence-electron chi connectivity index (χ4n) is 1.13. The summed E-state index contributed by atoms with van der Waals surface area (Å²) in [4.78, 5) is 19.3. The van der Waals surface area contributed by atoms with Crippen LogP contribution in [0.15, 0.2) is 12.4 Å². The summed E-state index contributed by atoms with van der Waals surface area (Å²) in [6, 6.07) is -0.0324. The summed E-state index contributed by atoms with van der Waals surface area (Å²) < 4.78 is 0. The molecular weight excluding hydrogens is 226 g/mol. The Morgan fingerprint density at radius 1 is 1.62 bits per heavy atom. The van der Waals surface area contributed by atoms with Gasteiger partial charge in [0.2, 0.25) is 0 Å². The Morgan fingerprint density at radius 2 is 2.38 bits per heavy atom. The summed E-state index contributed by atoms with van der Waals surface area (Å²) in [5, 5.41) is 3.03. The number of halogens is 1. The Bertz CT molecular complexity index is 397. The van der Waals surface area contributed by atoms with Crippen molar-refractivity contribution in [3.05, 3.63) is 23.2 Å². The van der Waals surface area contributed by atoms with E-state index in [9.17, 15) is 4.79 Å². The van der Waals surface area contributed by atoms with Crippen molar-refractivity contribution in [2.45, 2.75) is 25.8 Å². The predicted molar refractivity (Wildman–Crippen MR) is 62.0 cm³/mol. The third-order valence-corrected chi connectivity index (χ3v) is 2.24. The molecule has 16 heavy (non-hydrogen) atoms. The highest BCUT2D eigenvalue weighted by atomic mass is 35.5. The molecule has 0 aliphatic rings. The molecule has 4 nitrogen and oxygen atoms in total. The van der Waals surface area contributed by atoms with Crippen molar-refractivity contribution in [3.8, 4) is 12.3 Å². The van der Waals surface area contributed by atoms with Crippen LogP contribution < -0.4 is 5.32 Å². The lowest BCUT2D eigenvalue weighted by Gasteiger charge is -2.13. The zero-order valence-corrected chi connectivity index (χ0v) is 9.66. The molecule has 84 valence electrons. The van der Waals surface area contributed by atoms with Crippen LogP contribution in [-0.2, 0) is 0 Å². The Labute approximate surface area is 99.4 Å². The van der Waals surface area contributed by atoms with Crippen molar-refractivity contribution in [3.63, 3.8) is 0 Å². The number of carbonyl (C=O) groups is 1. The van der Waals surface area contributed by atoms with Gasteiger partial charge in [-0.3, -0.25) is 4.79 Å². The van der Waals surface area contributed by atoms with Gasteiger partial charge in [0, 0.05) is 12.5 Å². The third kappa shape index (κ3) is 3.52.